The van der Waals surface area contributed by atoms with Crippen molar-refractivity contribution in [2.45, 2.75) is 6.92 Å². The summed E-state index contributed by atoms with van der Waals surface area (Å²) in [4.78, 5) is 4.67. The van der Waals surface area contributed by atoms with Crippen LogP contribution in [0.3, 0.4) is 0 Å². The molecule has 0 bridgehead atoms. The van der Waals surface area contributed by atoms with Crippen molar-refractivity contribution >= 4 is 11.0 Å². The zero-order valence-corrected chi connectivity index (χ0v) is 12.8. The number of phenolic OH excluding ortho intramolecular Hbond substituents is 1. The zero-order chi connectivity index (χ0) is 15.7. The molecule has 0 aliphatic carbocycles. The molecule has 5 nitrogen and oxygen atoms in total. The van der Waals surface area contributed by atoms with Gasteiger partial charge in [0.25, 0.3) is 0 Å². The highest BCUT2D eigenvalue weighted by atomic mass is 16.5. The molecule has 0 atom stereocenters. The Balaban J connectivity index is 2.13. The summed E-state index contributed by atoms with van der Waals surface area (Å²) < 4.78 is 12.7. The Morgan fingerprint density at radius 3 is 2.73 bits per heavy atom. The lowest BCUT2D eigenvalue weighted by molar-refractivity contribution is 0.318. The van der Waals surface area contributed by atoms with E-state index in [0.29, 0.717) is 12.4 Å². The fourth-order valence-corrected chi connectivity index (χ4v) is 2.49. The minimum Gasteiger partial charge on any atom is -0.504 e. The van der Waals surface area contributed by atoms with Crippen LogP contribution in [0.15, 0.2) is 36.4 Å². The molecule has 0 spiro atoms. The van der Waals surface area contributed by atoms with E-state index in [9.17, 15) is 5.11 Å². The van der Waals surface area contributed by atoms with Gasteiger partial charge in [0.2, 0.25) is 0 Å². The van der Waals surface area contributed by atoms with Crippen molar-refractivity contribution in [3.8, 4) is 28.6 Å². The molecule has 0 aliphatic rings. The quantitative estimate of drug-likeness (QED) is 0.802. The predicted octanol–water partition coefficient (Wildman–Crippen LogP) is 3.35. The van der Waals surface area contributed by atoms with Crippen LogP contribution in [0.25, 0.3) is 22.4 Å². The lowest BCUT2D eigenvalue weighted by Crippen LogP contribution is -1.95. The molecule has 3 rings (SSSR count). The predicted molar refractivity (Wildman–Crippen MR) is 85.5 cm³/mol. The molecule has 0 radical (unpaired) electrons. The Morgan fingerprint density at radius 2 is 2.00 bits per heavy atom. The van der Waals surface area contributed by atoms with Crippen molar-refractivity contribution < 1.29 is 14.6 Å². The maximum atomic E-state index is 9.82. The van der Waals surface area contributed by atoms with Crippen LogP contribution in [0.1, 0.15) is 6.92 Å². The standard InChI is InChI=1S/C17H18N2O3/c1-4-22-16-9-11(5-8-15(16)20)17-18-13-10-12(21-3)6-7-14(13)19(17)2/h5-10,20H,4H2,1-3H3. The average Bonchev–Trinajstić information content (AvgIpc) is 2.86. The third-order valence-electron chi connectivity index (χ3n) is 3.61. The third-order valence-corrected chi connectivity index (χ3v) is 3.61. The molecule has 2 aromatic carbocycles. The van der Waals surface area contributed by atoms with E-state index in [1.807, 2.05) is 42.8 Å². The van der Waals surface area contributed by atoms with Crippen LogP contribution in [0, 0.1) is 0 Å². The van der Waals surface area contributed by atoms with E-state index in [0.717, 1.165) is 28.2 Å². The summed E-state index contributed by atoms with van der Waals surface area (Å²) in [6.07, 6.45) is 0. The highest BCUT2D eigenvalue weighted by molar-refractivity contribution is 5.82. The number of aromatic hydroxyl groups is 1. The largest absolute Gasteiger partial charge is 0.504 e. The smallest absolute Gasteiger partial charge is 0.161 e. The van der Waals surface area contributed by atoms with Crippen LogP contribution >= 0.6 is 0 Å². The van der Waals surface area contributed by atoms with Gasteiger partial charge in [-0.05, 0) is 37.3 Å². The Morgan fingerprint density at radius 1 is 1.18 bits per heavy atom. The molecule has 0 saturated heterocycles. The molecule has 1 aromatic heterocycles. The van der Waals surface area contributed by atoms with Gasteiger partial charge in [-0.1, -0.05) is 0 Å². The second-order valence-corrected chi connectivity index (χ2v) is 4.96. The van der Waals surface area contributed by atoms with Gasteiger partial charge in [-0.2, -0.15) is 0 Å². The first-order valence-corrected chi connectivity index (χ1v) is 7.10. The molecular formula is C17H18N2O3. The molecule has 114 valence electrons. The van der Waals surface area contributed by atoms with Crippen LogP contribution in [0.4, 0.5) is 0 Å². The van der Waals surface area contributed by atoms with E-state index >= 15 is 0 Å². The number of aromatic nitrogens is 2. The summed E-state index contributed by atoms with van der Waals surface area (Å²) in [5.41, 5.74) is 2.77. The van der Waals surface area contributed by atoms with Crippen molar-refractivity contribution in [3.05, 3.63) is 36.4 Å². The molecule has 1 N–H and O–H groups in total. The number of aryl methyl sites for hydroxylation is 1. The van der Waals surface area contributed by atoms with Gasteiger partial charge in [-0.25, -0.2) is 4.98 Å². The zero-order valence-electron chi connectivity index (χ0n) is 12.8. The van der Waals surface area contributed by atoms with Crippen molar-refractivity contribution in [3.63, 3.8) is 0 Å². The average molecular weight is 298 g/mol. The number of ether oxygens (including phenoxy) is 2. The summed E-state index contributed by atoms with van der Waals surface area (Å²) in [7, 11) is 3.60. The molecule has 1 heterocycles. The van der Waals surface area contributed by atoms with Gasteiger partial charge in [-0.3, -0.25) is 0 Å². The van der Waals surface area contributed by atoms with Gasteiger partial charge in [0, 0.05) is 18.7 Å². The van der Waals surface area contributed by atoms with Crippen LogP contribution in [0.5, 0.6) is 17.2 Å². The number of hydrogen-bond acceptors (Lipinski definition) is 4. The first-order valence-electron chi connectivity index (χ1n) is 7.10. The van der Waals surface area contributed by atoms with Gasteiger partial charge in [0.15, 0.2) is 11.5 Å². The lowest BCUT2D eigenvalue weighted by atomic mass is 10.2. The highest BCUT2D eigenvalue weighted by Crippen LogP contribution is 2.33. The monoisotopic (exact) mass is 298 g/mol. The molecule has 0 fully saturated rings. The summed E-state index contributed by atoms with van der Waals surface area (Å²) >= 11 is 0. The van der Waals surface area contributed by atoms with E-state index in [1.165, 1.54) is 0 Å². The Bertz CT molecular complexity index is 824. The van der Waals surface area contributed by atoms with Gasteiger partial charge in [0.1, 0.15) is 11.6 Å². The summed E-state index contributed by atoms with van der Waals surface area (Å²) in [5, 5.41) is 9.82. The Hall–Kier alpha value is -2.69. The normalized spacial score (nSPS) is 10.9. The minimum atomic E-state index is 0.131. The second kappa shape index (κ2) is 5.60. The van der Waals surface area contributed by atoms with Crippen LogP contribution < -0.4 is 9.47 Å². The number of imidazole rings is 1. The van der Waals surface area contributed by atoms with Gasteiger partial charge in [0.05, 0.1) is 24.8 Å². The summed E-state index contributed by atoms with van der Waals surface area (Å²) in [5.74, 6) is 2.18. The van der Waals surface area contributed by atoms with Crippen molar-refractivity contribution in [1.29, 1.82) is 0 Å². The van der Waals surface area contributed by atoms with Crippen molar-refractivity contribution in [2.24, 2.45) is 7.05 Å². The maximum Gasteiger partial charge on any atom is 0.161 e. The van der Waals surface area contributed by atoms with Crippen molar-refractivity contribution in [1.82, 2.24) is 9.55 Å². The molecular weight excluding hydrogens is 280 g/mol. The molecule has 0 aliphatic heterocycles. The number of fused-ring (bicyclic) bond motifs is 1. The lowest BCUT2D eigenvalue weighted by Gasteiger charge is -2.08. The van der Waals surface area contributed by atoms with Crippen molar-refractivity contribution in [2.75, 3.05) is 13.7 Å². The number of hydrogen-bond donors (Lipinski definition) is 1. The molecule has 0 amide bonds. The van der Waals surface area contributed by atoms with E-state index in [1.54, 1.807) is 19.2 Å². The minimum absolute atomic E-state index is 0.131. The molecule has 22 heavy (non-hydrogen) atoms. The van der Waals surface area contributed by atoms with Gasteiger partial charge < -0.3 is 19.1 Å². The Kier molecular flexibility index (Phi) is 3.63. The fraction of sp³-hybridized carbons (Fsp3) is 0.235. The first kappa shape index (κ1) is 14.3. The third kappa shape index (κ3) is 2.35. The van der Waals surface area contributed by atoms with E-state index in [4.69, 9.17) is 9.47 Å². The summed E-state index contributed by atoms with van der Waals surface area (Å²) in [6, 6.07) is 11.1. The van der Waals surface area contributed by atoms with Crippen LogP contribution in [-0.4, -0.2) is 28.4 Å². The number of benzene rings is 2. The molecule has 0 saturated carbocycles. The second-order valence-electron chi connectivity index (χ2n) is 4.96. The first-order chi connectivity index (χ1) is 10.6. The van der Waals surface area contributed by atoms with E-state index in [2.05, 4.69) is 4.98 Å². The highest BCUT2D eigenvalue weighted by Gasteiger charge is 2.13. The van der Waals surface area contributed by atoms with E-state index < -0.39 is 0 Å². The van der Waals surface area contributed by atoms with Crippen LogP contribution in [0.2, 0.25) is 0 Å². The SMILES string of the molecule is CCOc1cc(-c2nc3cc(OC)ccc3n2C)ccc1O. The molecule has 3 aromatic rings. The number of rotatable bonds is 4. The van der Waals surface area contributed by atoms with Crippen LogP contribution in [-0.2, 0) is 7.05 Å². The maximum absolute atomic E-state index is 9.82. The number of nitrogens with zero attached hydrogens (tertiary/aromatic N) is 2. The number of phenols is 1. The molecule has 0 unspecified atom stereocenters. The summed E-state index contributed by atoms with van der Waals surface area (Å²) in [6.45, 7) is 2.38. The Labute approximate surface area is 128 Å². The topological polar surface area (TPSA) is 56.5 Å². The van der Waals surface area contributed by atoms with Gasteiger partial charge in [-0.15, -0.1) is 0 Å². The fourth-order valence-electron chi connectivity index (χ4n) is 2.49. The number of methoxy groups -OCH3 is 1. The van der Waals surface area contributed by atoms with E-state index in [-0.39, 0.29) is 5.75 Å². The van der Waals surface area contributed by atoms with Gasteiger partial charge >= 0.3 is 0 Å². The molecule has 5 heteroatoms.